The average Bonchev–Trinajstić information content (AvgIpc) is 2.74. The predicted molar refractivity (Wildman–Crippen MR) is 68.2 cm³/mol. The van der Waals surface area contributed by atoms with E-state index < -0.39 is 0 Å². The van der Waals surface area contributed by atoms with E-state index in [1.807, 2.05) is 54.2 Å². The summed E-state index contributed by atoms with van der Waals surface area (Å²) in [4.78, 5) is 8.53. The van der Waals surface area contributed by atoms with E-state index in [-0.39, 0.29) is 0 Å². The van der Waals surface area contributed by atoms with E-state index >= 15 is 0 Å². The van der Waals surface area contributed by atoms with Gasteiger partial charge in [0.2, 0.25) is 0 Å². The molecule has 0 amide bonds. The number of nitrogens with zero attached hydrogens (tertiary/aromatic N) is 3. The van der Waals surface area contributed by atoms with Crippen LogP contribution in [0, 0.1) is 0 Å². The number of hydrogen-bond donors (Lipinski definition) is 1. The summed E-state index contributed by atoms with van der Waals surface area (Å²) in [6.45, 7) is 0. The monoisotopic (exact) mass is 224 g/mol. The molecule has 0 atom stereocenters. The highest BCUT2D eigenvalue weighted by molar-refractivity contribution is 5.89. The van der Waals surface area contributed by atoms with Crippen LogP contribution in [0.1, 0.15) is 0 Å². The molecule has 0 fully saturated rings. The van der Waals surface area contributed by atoms with E-state index in [0.29, 0.717) is 0 Å². The first-order valence-corrected chi connectivity index (χ1v) is 5.43. The molecule has 0 radical (unpaired) electrons. The van der Waals surface area contributed by atoms with E-state index in [0.717, 1.165) is 22.5 Å². The zero-order valence-corrected chi connectivity index (χ0v) is 9.46. The lowest BCUT2D eigenvalue weighted by Crippen LogP contribution is -1.96. The van der Waals surface area contributed by atoms with Crippen molar-refractivity contribution in [3.05, 3.63) is 48.9 Å². The molecule has 84 valence electrons. The molecular weight excluding hydrogens is 212 g/mol. The molecule has 0 unspecified atom stereocenters. The Morgan fingerprint density at radius 2 is 1.88 bits per heavy atom. The summed E-state index contributed by atoms with van der Waals surface area (Å²) in [6.07, 6.45) is 3.56. The number of para-hydroxylation sites is 1. The van der Waals surface area contributed by atoms with Gasteiger partial charge in [0.25, 0.3) is 0 Å². The maximum atomic E-state index is 4.28. The molecule has 2 aromatic heterocycles. The third-order valence-electron chi connectivity index (χ3n) is 2.70. The van der Waals surface area contributed by atoms with Crippen LogP contribution in [-0.2, 0) is 7.05 Å². The van der Waals surface area contributed by atoms with Crippen LogP contribution in [0.25, 0.3) is 11.0 Å². The van der Waals surface area contributed by atoms with Gasteiger partial charge < -0.3 is 9.88 Å². The Labute approximate surface area is 98.9 Å². The third kappa shape index (κ3) is 1.73. The molecule has 2 heterocycles. The highest BCUT2D eigenvalue weighted by Crippen LogP contribution is 2.22. The Morgan fingerprint density at radius 1 is 1.06 bits per heavy atom. The van der Waals surface area contributed by atoms with E-state index in [4.69, 9.17) is 0 Å². The molecule has 1 N–H and O–H groups in total. The lowest BCUT2D eigenvalue weighted by Gasteiger charge is -2.06. The molecule has 0 bridgehead atoms. The van der Waals surface area contributed by atoms with E-state index in [1.165, 1.54) is 0 Å². The van der Waals surface area contributed by atoms with Crippen molar-refractivity contribution >= 4 is 22.5 Å². The normalized spacial score (nSPS) is 10.6. The van der Waals surface area contributed by atoms with Crippen molar-refractivity contribution in [2.45, 2.75) is 0 Å². The van der Waals surface area contributed by atoms with Crippen molar-refractivity contribution in [3.63, 3.8) is 0 Å². The average molecular weight is 224 g/mol. The van der Waals surface area contributed by atoms with Gasteiger partial charge in [-0.3, -0.25) is 0 Å². The van der Waals surface area contributed by atoms with Gasteiger partial charge in [-0.05, 0) is 18.2 Å². The van der Waals surface area contributed by atoms with Crippen LogP contribution >= 0.6 is 0 Å². The number of aryl methyl sites for hydroxylation is 1. The van der Waals surface area contributed by atoms with Gasteiger partial charge in [-0.25, -0.2) is 9.97 Å². The van der Waals surface area contributed by atoms with Gasteiger partial charge in [0.1, 0.15) is 17.8 Å². The van der Waals surface area contributed by atoms with Crippen LogP contribution in [0.4, 0.5) is 11.5 Å². The molecule has 3 aromatic rings. The Balaban J connectivity index is 2.06. The van der Waals surface area contributed by atoms with E-state index in [1.54, 1.807) is 6.33 Å². The zero-order chi connectivity index (χ0) is 11.7. The van der Waals surface area contributed by atoms with Crippen LogP contribution in [0.5, 0.6) is 0 Å². The molecule has 0 aliphatic carbocycles. The van der Waals surface area contributed by atoms with Crippen molar-refractivity contribution in [2.75, 3.05) is 5.32 Å². The predicted octanol–water partition coefficient (Wildman–Crippen LogP) is 2.71. The van der Waals surface area contributed by atoms with Gasteiger partial charge in [-0.15, -0.1) is 0 Å². The molecule has 3 rings (SSSR count). The summed E-state index contributed by atoms with van der Waals surface area (Å²) in [6, 6.07) is 12.0. The first-order valence-electron chi connectivity index (χ1n) is 5.43. The topological polar surface area (TPSA) is 42.7 Å². The summed E-state index contributed by atoms with van der Waals surface area (Å²) < 4.78 is 1.98. The maximum Gasteiger partial charge on any atom is 0.145 e. The lowest BCUT2D eigenvalue weighted by molar-refractivity contribution is 0.944. The lowest BCUT2D eigenvalue weighted by atomic mass is 10.3. The second-order valence-corrected chi connectivity index (χ2v) is 3.88. The molecule has 1 aromatic carbocycles. The number of anilines is 2. The van der Waals surface area contributed by atoms with Gasteiger partial charge in [0, 0.05) is 18.9 Å². The highest BCUT2D eigenvalue weighted by Gasteiger charge is 2.05. The second kappa shape index (κ2) is 3.90. The second-order valence-electron chi connectivity index (χ2n) is 3.88. The first kappa shape index (κ1) is 9.84. The third-order valence-corrected chi connectivity index (χ3v) is 2.70. The Bertz CT molecular complexity index is 643. The summed E-state index contributed by atoms with van der Waals surface area (Å²) in [5.41, 5.74) is 1.95. The number of rotatable bonds is 2. The molecule has 4 heteroatoms. The summed E-state index contributed by atoms with van der Waals surface area (Å²) in [5, 5.41) is 4.32. The zero-order valence-electron chi connectivity index (χ0n) is 9.46. The smallest absolute Gasteiger partial charge is 0.145 e. The van der Waals surface area contributed by atoms with Crippen molar-refractivity contribution in [3.8, 4) is 0 Å². The molecule has 0 aliphatic heterocycles. The quantitative estimate of drug-likeness (QED) is 0.727. The van der Waals surface area contributed by atoms with Gasteiger partial charge in [-0.2, -0.15) is 0 Å². The molecule has 0 spiro atoms. The standard InChI is InChI=1S/C13H12N4/c1-17-8-7-11-12(14-9-15-13(11)17)16-10-5-3-2-4-6-10/h2-9H,1H3,(H,14,15,16). The SMILES string of the molecule is Cn1ccc2c(Nc3ccccc3)ncnc21. The Hall–Kier alpha value is -2.36. The maximum absolute atomic E-state index is 4.28. The molecule has 4 nitrogen and oxygen atoms in total. The van der Waals surface area contributed by atoms with E-state index in [9.17, 15) is 0 Å². The number of benzene rings is 1. The molecule has 0 saturated heterocycles. The highest BCUT2D eigenvalue weighted by atomic mass is 15.1. The molecular formula is C13H12N4. The van der Waals surface area contributed by atoms with Crippen LogP contribution < -0.4 is 5.32 Å². The van der Waals surface area contributed by atoms with Crippen molar-refractivity contribution < 1.29 is 0 Å². The summed E-state index contributed by atoms with van der Waals surface area (Å²) >= 11 is 0. The number of aromatic nitrogens is 3. The number of nitrogens with one attached hydrogen (secondary N) is 1. The van der Waals surface area contributed by atoms with Gasteiger partial charge >= 0.3 is 0 Å². The van der Waals surface area contributed by atoms with Crippen molar-refractivity contribution in [1.82, 2.24) is 14.5 Å². The fraction of sp³-hybridized carbons (Fsp3) is 0.0769. The fourth-order valence-electron chi connectivity index (χ4n) is 1.84. The van der Waals surface area contributed by atoms with Crippen LogP contribution in [-0.4, -0.2) is 14.5 Å². The van der Waals surface area contributed by atoms with Gasteiger partial charge in [0.05, 0.1) is 5.39 Å². The fourth-order valence-corrected chi connectivity index (χ4v) is 1.84. The number of fused-ring (bicyclic) bond motifs is 1. The minimum absolute atomic E-state index is 0.835. The first-order chi connectivity index (χ1) is 8.34. The van der Waals surface area contributed by atoms with Crippen LogP contribution in [0.15, 0.2) is 48.9 Å². The summed E-state index contributed by atoms with van der Waals surface area (Å²) in [7, 11) is 1.97. The van der Waals surface area contributed by atoms with Crippen molar-refractivity contribution in [2.24, 2.45) is 7.05 Å². The molecule has 17 heavy (non-hydrogen) atoms. The van der Waals surface area contributed by atoms with Crippen LogP contribution in [0.3, 0.4) is 0 Å². The largest absolute Gasteiger partial charge is 0.340 e. The van der Waals surface area contributed by atoms with Gasteiger partial charge in [0.15, 0.2) is 0 Å². The minimum Gasteiger partial charge on any atom is -0.340 e. The van der Waals surface area contributed by atoms with Crippen LogP contribution in [0.2, 0.25) is 0 Å². The van der Waals surface area contributed by atoms with Gasteiger partial charge in [-0.1, -0.05) is 18.2 Å². The molecule has 0 aliphatic rings. The minimum atomic E-state index is 0.835. The summed E-state index contributed by atoms with van der Waals surface area (Å²) in [5.74, 6) is 0.835. The Kier molecular flexibility index (Phi) is 2.26. The Morgan fingerprint density at radius 3 is 2.71 bits per heavy atom. The molecule has 0 saturated carbocycles. The number of hydrogen-bond acceptors (Lipinski definition) is 3. The van der Waals surface area contributed by atoms with E-state index in [2.05, 4.69) is 15.3 Å². The van der Waals surface area contributed by atoms with Crippen molar-refractivity contribution in [1.29, 1.82) is 0 Å².